The van der Waals surface area contributed by atoms with Crippen LogP contribution in [0.4, 0.5) is 19.1 Å². The molecule has 1 rings (SSSR count). The van der Waals surface area contributed by atoms with Gasteiger partial charge in [-0.25, -0.2) is 9.97 Å². The van der Waals surface area contributed by atoms with Gasteiger partial charge in [0.15, 0.2) is 0 Å². The normalized spacial score (nSPS) is 11.4. The minimum absolute atomic E-state index is 0.0246. The third-order valence-corrected chi connectivity index (χ3v) is 1.41. The Morgan fingerprint density at radius 1 is 1.43 bits per heavy atom. The Kier molecular flexibility index (Phi) is 3.27. The van der Waals surface area contributed by atoms with Gasteiger partial charge < -0.3 is 5.32 Å². The zero-order chi connectivity index (χ0) is 10.6. The Hall–Kier alpha value is -1.33. The van der Waals surface area contributed by atoms with Crippen molar-refractivity contribution in [1.29, 1.82) is 0 Å². The number of aromatic nitrogens is 2. The van der Waals surface area contributed by atoms with Crippen molar-refractivity contribution in [3.8, 4) is 0 Å². The summed E-state index contributed by atoms with van der Waals surface area (Å²) >= 11 is 0. The molecule has 0 saturated heterocycles. The number of hydrogen-bond donors (Lipinski definition) is 1. The van der Waals surface area contributed by atoms with Gasteiger partial charge >= 0.3 is 6.18 Å². The van der Waals surface area contributed by atoms with Gasteiger partial charge in [0.2, 0.25) is 5.95 Å². The van der Waals surface area contributed by atoms with Crippen molar-refractivity contribution >= 4 is 5.95 Å². The van der Waals surface area contributed by atoms with Gasteiger partial charge in [-0.05, 0) is 12.5 Å². The van der Waals surface area contributed by atoms with E-state index in [9.17, 15) is 13.2 Å². The molecule has 3 nitrogen and oxygen atoms in total. The standard InChI is InChI=1S/C8H9F3N3/c1-2-4-12-7-13-5-3-6(14-7)8(9,10)11/h3,5H,1-2,4H2,(H,12,13,14). The van der Waals surface area contributed by atoms with Gasteiger partial charge in [-0.1, -0.05) is 6.92 Å². The second-order valence-corrected chi connectivity index (χ2v) is 2.54. The molecule has 0 atom stereocenters. The minimum atomic E-state index is -4.43. The fourth-order valence-electron chi connectivity index (χ4n) is 0.802. The van der Waals surface area contributed by atoms with E-state index in [1.54, 1.807) is 0 Å². The second kappa shape index (κ2) is 4.26. The first kappa shape index (κ1) is 10.7. The number of anilines is 1. The molecule has 0 saturated carbocycles. The summed E-state index contributed by atoms with van der Waals surface area (Å²) in [5.74, 6) is -0.0246. The van der Waals surface area contributed by atoms with E-state index >= 15 is 0 Å². The zero-order valence-electron chi connectivity index (χ0n) is 7.30. The van der Waals surface area contributed by atoms with Crippen LogP contribution < -0.4 is 5.32 Å². The summed E-state index contributed by atoms with van der Waals surface area (Å²) in [7, 11) is 0. The van der Waals surface area contributed by atoms with Crippen LogP contribution in [-0.2, 0) is 6.18 Å². The largest absolute Gasteiger partial charge is 0.433 e. The molecular formula is C8H9F3N3. The molecule has 0 fully saturated rings. The summed E-state index contributed by atoms with van der Waals surface area (Å²) in [4.78, 5) is 6.95. The second-order valence-electron chi connectivity index (χ2n) is 2.54. The van der Waals surface area contributed by atoms with Gasteiger partial charge in [0.25, 0.3) is 0 Å². The third-order valence-electron chi connectivity index (χ3n) is 1.41. The van der Waals surface area contributed by atoms with Crippen LogP contribution in [0, 0.1) is 6.92 Å². The van der Waals surface area contributed by atoms with E-state index in [2.05, 4.69) is 22.2 Å². The molecule has 1 N–H and O–H groups in total. The van der Waals surface area contributed by atoms with Gasteiger partial charge in [-0.15, -0.1) is 0 Å². The molecule has 77 valence electrons. The van der Waals surface area contributed by atoms with E-state index < -0.39 is 11.9 Å². The molecule has 1 aromatic heterocycles. The fourth-order valence-corrected chi connectivity index (χ4v) is 0.802. The lowest BCUT2D eigenvalue weighted by Gasteiger charge is -2.07. The molecule has 0 amide bonds. The molecule has 1 radical (unpaired) electrons. The topological polar surface area (TPSA) is 37.8 Å². The highest BCUT2D eigenvalue weighted by Gasteiger charge is 2.32. The lowest BCUT2D eigenvalue weighted by molar-refractivity contribution is -0.141. The van der Waals surface area contributed by atoms with Crippen LogP contribution in [0.2, 0.25) is 0 Å². The Morgan fingerprint density at radius 2 is 2.14 bits per heavy atom. The SMILES string of the molecule is [CH2]CCNc1nccc(C(F)(F)F)n1. The van der Waals surface area contributed by atoms with Crippen molar-refractivity contribution in [2.75, 3.05) is 11.9 Å². The molecule has 0 bridgehead atoms. The summed E-state index contributed by atoms with van der Waals surface area (Å²) in [5, 5.41) is 2.62. The predicted octanol–water partition coefficient (Wildman–Crippen LogP) is 2.13. The molecule has 0 aliphatic rings. The van der Waals surface area contributed by atoms with Crippen LogP contribution >= 0.6 is 0 Å². The van der Waals surface area contributed by atoms with E-state index in [4.69, 9.17) is 0 Å². The lowest BCUT2D eigenvalue weighted by Crippen LogP contribution is -2.11. The monoisotopic (exact) mass is 204 g/mol. The van der Waals surface area contributed by atoms with Crippen molar-refractivity contribution in [2.45, 2.75) is 12.6 Å². The van der Waals surface area contributed by atoms with E-state index in [1.165, 1.54) is 0 Å². The van der Waals surface area contributed by atoms with Crippen LogP contribution in [0.1, 0.15) is 12.1 Å². The number of halogens is 3. The average Bonchev–Trinajstić information content (AvgIpc) is 2.14. The number of hydrogen-bond acceptors (Lipinski definition) is 3. The maximum atomic E-state index is 12.2. The fraction of sp³-hybridized carbons (Fsp3) is 0.375. The Morgan fingerprint density at radius 3 is 2.71 bits per heavy atom. The van der Waals surface area contributed by atoms with Crippen molar-refractivity contribution in [2.24, 2.45) is 0 Å². The predicted molar refractivity (Wildman–Crippen MR) is 45.5 cm³/mol. The molecule has 0 aromatic carbocycles. The molecule has 1 heterocycles. The van der Waals surface area contributed by atoms with Gasteiger partial charge in [-0.2, -0.15) is 13.2 Å². The van der Waals surface area contributed by atoms with Gasteiger partial charge in [0.1, 0.15) is 5.69 Å². The molecule has 0 spiro atoms. The Bertz CT molecular complexity index is 298. The van der Waals surface area contributed by atoms with Gasteiger partial charge in [-0.3, -0.25) is 0 Å². The third kappa shape index (κ3) is 2.86. The van der Waals surface area contributed by atoms with E-state index in [0.717, 1.165) is 12.3 Å². The van der Waals surface area contributed by atoms with E-state index in [0.29, 0.717) is 13.0 Å². The molecule has 1 aromatic rings. The molecule has 0 aliphatic carbocycles. The summed E-state index contributed by atoms with van der Waals surface area (Å²) < 4.78 is 36.5. The number of nitrogens with zero attached hydrogens (tertiary/aromatic N) is 2. The van der Waals surface area contributed by atoms with Crippen LogP contribution in [0.5, 0.6) is 0 Å². The Labute approximate surface area is 79.4 Å². The van der Waals surface area contributed by atoms with Crippen LogP contribution in [-0.4, -0.2) is 16.5 Å². The number of alkyl halides is 3. The summed E-state index contributed by atoms with van der Waals surface area (Å²) in [6, 6.07) is 0.829. The molecule has 6 heteroatoms. The molecule has 14 heavy (non-hydrogen) atoms. The van der Waals surface area contributed by atoms with Crippen molar-refractivity contribution in [1.82, 2.24) is 9.97 Å². The summed E-state index contributed by atoms with van der Waals surface area (Å²) in [5.41, 5.74) is -0.945. The van der Waals surface area contributed by atoms with Crippen molar-refractivity contribution in [3.63, 3.8) is 0 Å². The first-order chi connectivity index (χ1) is 6.54. The highest BCUT2D eigenvalue weighted by molar-refractivity contribution is 5.25. The first-order valence-electron chi connectivity index (χ1n) is 3.97. The minimum Gasteiger partial charge on any atom is -0.354 e. The average molecular weight is 204 g/mol. The van der Waals surface area contributed by atoms with Gasteiger partial charge in [0, 0.05) is 12.7 Å². The highest BCUT2D eigenvalue weighted by Crippen LogP contribution is 2.27. The van der Waals surface area contributed by atoms with Crippen molar-refractivity contribution in [3.05, 3.63) is 24.9 Å². The Balaban J connectivity index is 2.79. The van der Waals surface area contributed by atoms with Crippen LogP contribution in [0.3, 0.4) is 0 Å². The lowest BCUT2D eigenvalue weighted by atomic mass is 10.4. The summed E-state index contributed by atoms with van der Waals surface area (Å²) in [6.07, 6.45) is -2.80. The maximum Gasteiger partial charge on any atom is 0.433 e. The summed E-state index contributed by atoms with van der Waals surface area (Å²) in [6.45, 7) is 3.98. The van der Waals surface area contributed by atoms with Crippen LogP contribution in [0.25, 0.3) is 0 Å². The smallest absolute Gasteiger partial charge is 0.354 e. The van der Waals surface area contributed by atoms with E-state index in [-0.39, 0.29) is 5.95 Å². The number of nitrogens with one attached hydrogen (secondary N) is 1. The molecule has 0 unspecified atom stereocenters. The first-order valence-corrected chi connectivity index (χ1v) is 3.97. The van der Waals surface area contributed by atoms with Gasteiger partial charge in [0.05, 0.1) is 0 Å². The van der Waals surface area contributed by atoms with Crippen molar-refractivity contribution < 1.29 is 13.2 Å². The number of rotatable bonds is 3. The maximum absolute atomic E-state index is 12.2. The van der Waals surface area contributed by atoms with Crippen LogP contribution in [0.15, 0.2) is 12.3 Å². The molecule has 0 aliphatic heterocycles. The van der Waals surface area contributed by atoms with E-state index in [1.807, 2.05) is 0 Å². The highest BCUT2D eigenvalue weighted by atomic mass is 19.4. The quantitative estimate of drug-likeness (QED) is 0.819. The molecular weight excluding hydrogens is 195 g/mol. The zero-order valence-corrected chi connectivity index (χ0v) is 7.30.